The molecule has 122 valence electrons. The van der Waals surface area contributed by atoms with Gasteiger partial charge in [-0.05, 0) is 32.4 Å². The summed E-state index contributed by atoms with van der Waals surface area (Å²) in [6.07, 6.45) is -0.434. The number of rotatable bonds is 2. The van der Waals surface area contributed by atoms with E-state index in [-0.39, 0.29) is 1.43 Å². The van der Waals surface area contributed by atoms with Gasteiger partial charge in [-0.15, -0.1) is 0 Å². The van der Waals surface area contributed by atoms with Crippen LogP contribution in [0.3, 0.4) is 0 Å². The van der Waals surface area contributed by atoms with Gasteiger partial charge in [-0.1, -0.05) is 18.2 Å². The van der Waals surface area contributed by atoms with E-state index in [9.17, 15) is 4.79 Å². The highest BCUT2D eigenvalue weighted by Crippen LogP contribution is 2.11. The Labute approximate surface area is 125 Å². The quantitative estimate of drug-likeness (QED) is 0.481. The van der Waals surface area contributed by atoms with E-state index in [1.54, 1.807) is 6.07 Å². The van der Waals surface area contributed by atoms with Gasteiger partial charge in [-0.25, -0.2) is 4.79 Å². The first-order valence-electron chi connectivity index (χ1n) is 5.88. The third-order valence-corrected chi connectivity index (χ3v) is 1.88. The minimum absolute atomic E-state index is 0. The number of carbonyl (C=O) groups is 1. The summed E-state index contributed by atoms with van der Waals surface area (Å²) in [7, 11) is -4.67. The van der Waals surface area contributed by atoms with E-state index in [0.717, 1.165) is 5.56 Å². The zero-order valence-corrected chi connectivity index (χ0v) is 12.8. The van der Waals surface area contributed by atoms with Gasteiger partial charge in [0.15, 0.2) is 0 Å². The zero-order valence-electron chi connectivity index (χ0n) is 12.0. The molecule has 0 heterocycles. The Morgan fingerprint density at radius 3 is 2.24 bits per heavy atom. The summed E-state index contributed by atoms with van der Waals surface area (Å²) in [4.78, 5) is 11.4. The van der Waals surface area contributed by atoms with E-state index < -0.39 is 22.1 Å². The Kier molecular flexibility index (Phi) is 7.13. The Hall–Kier alpha value is -1.84. The van der Waals surface area contributed by atoms with Crippen LogP contribution in [0.1, 0.15) is 27.8 Å². The van der Waals surface area contributed by atoms with Crippen LogP contribution in [0.4, 0.5) is 10.5 Å². The van der Waals surface area contributed by atoms with Crippen molar-refractivity contribution >= 4 is 22.2 Å². The highest BCUT2D eigenvalue weighted by atomic mass is 32.3. The molecule has 0 saturated carbocycles. The lowest BCUT2D eigenvalue weighted by Crippen LogP contribution is -2.32. The lowest BCUT2D eigenvalue weighted by molar-refractivity contribution is 0.0523. The second kappa shape index (κ2) is 7.81. The monoisotopic (exact) mass is 322 g/mol. The number of anilines is 1. The van der Waals surface area contributed by atoms with E-state index in [0.29, 0.717) is 12.2 Å². The van der Waals surface area contributed by atoms with Crippen molar-refractivity contribution in [3.63, 3.8) is 0 Å². The Balaban J connectivity index is 0. The molecule has 0 saturated heterocycles. The van der Waals surface area contributed by atoms with Gasteiger partial charge >= 0.3 is 16.5 Å². The molecule has 1 aromatic carbocycles. The summed E-state index contributed by atoms with van der Waals surface area (Å²) >= 11 is 0. The van der Waals surface area contributed by atoms with Crippen LogP contribution in [0.5, 0.6) is 0 Å². The van der Waals surface area contributed by atoms with Crippen molar-refractivity contribution in [2.24, 2.45) is 0 Å². The summed E-state index contributed by atoms with van der Waals surface area (Å²) in [5.74, 6) is 0. The number of carbonyl (C=O) groups excluding carboxylic acids is 1. The average molecular weight is 322 g/mol. The molecule has 9 heteroatoms. The maximum absolute atomic E-state index is 11.4. The van der Waals surface area contributed by atoms with E-state index >= 15 is 0 Å². The van der Waals surface area contributed by atoms with Crippen molar-refractivity contribution < 1.29 is 28.5 Å². The number of ether oxygens (including phenoxy) is 1. The molecule has 0 bridgehead atoms. The normalized spacial score (nSPS) is 11.1. The van der Waals surface area contributed by atoms with Gasteiger partial charge in [-0.2, -0.15) is 8.42 Å². The second-order valence-corrected chi connectivity index (χ2v) is 5.90. The van der Waals surface area contributed by atoms with Crippen LogP contribution in [0.15, 0.2) is 24.3 Å². The van der Waals surface area contributed by atoms with Gasteiger partial charge in [0, 0.05) is 13.7 Å². The number of nitrogens with two attached hydrogens (primary N) is 1. The molecule has 21 heavy (non-hydrogen) atoms. The first kappa shape index (κ1) is 19.2. The maximum Gasteiger partial charge on any atom is 0.407 e. The highest BCUT2D eigenvalue weighted by molar-refractivity contribution is 7.79. The molecular weight excluding hydrogens is 300 g/mol. The number of alkyl carbamates (subject to hydrolysis) is 1. The van der Waals surface area contributed by atoms with Crippen molar-refractivity contribution in [3.05, 3.63) is 29.8 Å². The largest absolute Gasteiger partial charge is 0.444 e. The molecule has 0 aliphatic heterocycles. The van der Waals surface area contributed by atoms with E-state index in [1.807, 2.05) is 39.0 Å². The Morgan fingerprint density at radius 1 is 1.33 bits per heavy atom. The van der Waals surface area contributed by atoms with Gasteiger partial charge < -0.3 is 15.8 Å². The molecule has 0 atom stereocenters. The number of hydrogen-bond acceptors (Lipinski definition) is 5. The van der Waals surface area contributed by atoms with Crippen molar-refractivity contribution in [3.8, 4) is 0 Å². The number of nitrogen functional groups attached to an aromatic ring is 1. The van der Waals surface area contributed by atoms with Crippen LogP contribution < -0.4 is 11.1 Å². The molecule has 0 spiro atoms. The molecule has 0 aromatic heterocycles. The summed E-state index contributed by atoms with van der Waals surface area (Å²) in [5, 5.41) is 2.66. The number of para-hydroxylation sites is 1. The van der Waals surface area contributed by atoms with Crippen LogP contribution in [0.25, 0.3) is 0 Å². The highest BCUT2D eigenvalue weighted by Gasteiger charge is 2.15. The van der Waals surface area contributed by atoms with Gasteiger partial charge in [0.05, 0.1) is 0 Å². The molecule has 8 nitrogen and oxygen atoms in total. The molecule has 1 amide bonds. The summed E-state index contributed by atoms with van der Waals surface area (Å²) < 4.78 is 36.7. The lowest BCUT2D eigenvalue weighted by Gasteiger charge is -2.19. The predicted octanol–water partition coefficient (Wildman–Crippen LogP) is 1.89. The first-order valence-corrected chi connectivity index (χ1v) is 7.28. The molecule has 0 aliphatic carbocycles. The van der Waals surface area contributed by atoms with Crippen LogP contribution in [-0.2, 0) is 21.7 Å². The maximum atomic E-state index is 11.4. The Morgan fingerprint density at radius 2 is 1.81 bits per heavy atom. The number of benzene rings is 1. The number of amides is 1. The number of nitrogens with one attached hydrogen (secondary N) is 1. The molecule has 1 aromatic rings. The standard InChI is InChI=1S/C12H18N2O2.H2O4S.H2/c1-12(2,3)16-11(15)14-8-9-6-4-5-7-10(9)13;1-5(2,3)4;/h4-7H,8,13H2,1-3H3,(H,14,15);(H2,1,2,3,4);1H. The molecule has 0 unspecified atom stereocenters. The second-order valence-electron chi connectivity index (χ2n) is 5.00. The van der Waals surface area contributed by atoms with Crippen LogP contribution in [-0.4, -0.2) is 29.2 Å². The van der Waals surface area contributed by atoms with Crippen LogP contribution in [0.2, 0.25) is 0 Å². The molecule has 1 rings (SSSR count). The van der Waals surface area contributed by atoms with Gasteiger partial charge in [-0.3, -0.25) is 9.11 Å². The molecule has 0 fully saturated rings. The molecule has 0 radical (unpaired) electrons. The molecule has 0 aliphatic rings. The fourth-order valence-corrected chi connectivity index (χ4v) is 1.18. The molecular formula is C12H22N2O6S. The Bertz CT molecular complexity index is 563. The summed E-state index contributed by atoms with van der Waals surface area (Å²) in [6, 6.07) is 7.40. The summed E-state index contributed by atoms with van der Waals surface area (Å²) in [6.45, 7) is 5.85. The van der Waals surface area contributed by atoms with E-state index in [1.165, 1.54) is 0 Å². The first-order chi connectivity index (χ1) is 9.38. The van der Waals surface area contributed by atoms with Crippen molar-refractivity contribution in [1.29, 1.82) is 0 Å². The smallest absolute Gasteiger partial charge is 0.407 e. The molecule has 5 N–H and O–H groups in total. The number of hydrogen-bond donors (Lipinski definition) is 4. The van der Waals surface area contributed by atoms with Gasteiger partial charge in [0.25, 0.3) is 0 Å². The van der Waals surface area contributed by atoms with E-state index in [4.69, 9.17) is 28.0 Å². The lowest BCUT2D eigenvalue weighted by atomic mass is 10.2. The van der Waals surface area contributed by atoms with Gasteiger partial charge in [0.2, 0.25) is 0 Å². The zero-order chi connectivity index (χ0) is 16.7. The topological polar surface area (TPSA) is 139 Å². The van der Waals surface area contributed by atoms with Crippen LogP contribution in [0, 0.1) is 0 Å². The van der Waals surface area contributed by atoms with Gasteiger partial charge in [0.1, 0.15) is 5.60 Å². The van der Waals surface area contributed by atoms with E-state index in [2.05, 4.69) is 5.32 Å². The minimum atomic E-state index is -4.67. The van der Waals surface area contributed by atoms with Crippen molar-refractivity contribution in [2.45, 2.75) is 32.9 Å². The minimum Gasteiger partial charge on any atom is -0.444 e. The fraction of sp³-hybridized carbons (Fsp3) is 0.417. The average Bonchev–Trinajstić information content (AvgIpc) is 2.23. The fourth-order valence-electron chi connectivity index (χ4n) is 1.18. The summed E-state index contributed by atoms with van der Waals surface area (Å²) in [5.41, 5.74) is 6.81. The van der Waals surface area contributed by atoms with Crippen molar-refractivity contribution in [1.82, 2.24) is 5.32 Å². The predicted molar refractivity (Wildman–Crippen MR) is 80.2 cm³/mol. The van der Waals surface area contributed by atoms with Crippen molar-refractivity contribution in [2.75, 3.05) is 5.73 Å². The third-order valence-electron chi connectivity index (χ3n) is 1.88. The third kappa shape index (κ3) is 12.9. The van der Waals surface area contributed by atoms with Crippen LogP contribution >= 0.6 is 0 Å². The SMILES string of the molecule is CC(C)(C)OC(=O)NCc1ccccc1N.O=S(=O)(O)O.[HH].